The number of hydrogen-bond acceptors (Lipinski definition) is 2. The first kappa shape index (κ1) is 22.5. The van der Waals surface area contributed by atoms with Gasteiger partial charge in [-0.15, -0.1) is 0 Å². The van der Waals surface area contributed by atoms with Gasteiger partial charge in [0.1, 0.15) is 6.17 Å². The maximum absolute atomic E-state index is 12.5. The normalized spacial score (nSPS) is 12.2. The van der Waals surface area contributed by atoms with Gasteiger partial charge in [0.25, 0.3) is 5.91 Å². The molecule has 0 heterocycles. The number of hydrogen-bond donors (Lipinski definition) is 3. The van der Waals surface area contributed by atoms with Crippen LogP contribution in [0.4, 0.5) is 5.69 Å². The number of carbonyl (C=O) groups is 1. The van der Waals surface area contributed by atoms with Gasteiger partial charge < -0.3 is 16.0 Å². The van der Waals surface area contributed by atoms with Crippen LogP contribution in [0.25, 0.3) is 0 Å². The van der Waals surface area contributed by atoms with E-state index in [0.717, 1.165) is 21.2 Å². The summed E-state index contributed by atoms with van der Waals surface area (Å²) in [4.78, 5) is 12.5. The highest BCUT2D eigenvalue weighted by Gasteiger charge is 2.35. The molecule has 0 saturated heterocycles. The zero-order valence-electron chi connectivity index (χ0n) is 14.2. The average Bonchev–Trinajstić information content (AvgIpc) is 2.61. The minimum atomic E-state index is -1.81. The molecule has 0 aliphatic carbocycles. The van der Waals surface area contributed by atoms with Crippen LogP contribution in [0, 0.1) is 3.57 Å². The second kappa shape index (κ2) is 10.1. The molecule has 2 aromatic rings. The Kier molecular flexibility index (Phi) is 8.42. The summed E-state index contributed by atoms with van der Waals surface area (Å²) < 4.78 is -0.797. The van der Waals surface area contributed by atoms with Gasteiger partial charge in [0, 0.05) is 14.8 Å². The molecule has 4 nitrogen and oxygen atoms in total. The van der Waals surface area contributed by atoms with Crippen molar-refractivity contribution in [1.82, 2.24) is 10.6 Å². The Balaban J connectivity index is 2.09. The second-order valence-corrected chi connectivity index (χ2v) is 9.59. The van der Waals surface area contributed by atoms with Crippen molar-refractivity contribution in [2.45, 2.75) is 23.3 Å². The number of alkyl halides is 3. The first-order chi connectivity index (χ1) is 12.7. The maximum atomic E-state index is 12.5. The van der Waals surface area contributed by atoms with E-state index in [9.17, 15) is 4.79 Å². The summed E-state index contributed by atoms with van der Waals surface area (Å²) in [5.41, 5.74) is 2.39. The first-order valence-corrected chi connectivity index (χ1v) is 10.6. The predicted octanol–water partition coefficient (Wildman–Crippen LogP) is 5.27. The molecule has 2 aromatic carbocycles. The molecule has 1 amide bonds. The minimum Gasteiger partial charge on any atom is -0.339 e. The van der Waals surface area contributed by atoms with Crippen LogP contribution in [0.2, 0.25) is 0 Å². The van der Waals surface area contributed by atoms with Crippen molar-refractivity contribution in [1.29, 1.82) is 0 Å². The van der Waals surface area contributed by atoms with Crippen molar-refractivity contribution in [2.75, 3.05) is 5.32 Å². The predicted molar refractivity (Wildman–Crippen MR) is 126 cm³/mol. The van der Waals surface area contributed by atoms with Crippen LogP contribution in [0.1, 0.15) is 22.8 Å². The third-order valence-electron chi connectivity index (χ3n) is 3.63. The van der Waals surface area contributed by atoms with Gasteiger partial charge in [-0.2, -0.15) is 0 Å². The van der Waals surface area contributed by atoms with Crippen LogP contribution in [0.3, 0.4) is 0 Å². The highest BCUT2D eigenvalue weighted by Crippen LogP contribution is 2.29. The van der Waals surface area contributed by atoms with E-state index in [1.165, 1.54) is 0 Å². The van der Waals surface area contributed by atoms with Crippen LogP contribution >= 0.6 is 69.6 Å². The number of rotatable bonds is 5. The van der Waals surface area contributed by atoms with Gasteiger partial charge in [-0.05, 0) is 77.1 Å². The lowest BCUT2D eigenvalue weighted by atomic mass is 10.1. The molecule has 9 heteroatoms. The number of amides is 1. The van der Waals surface area contributed by atoms with Gasteiger partial charge in [0.05, 0.1) is 0 Å². The molecular weight excluding hydrogens is 540 g/mol. The number of para-hydroxylation sites is 1. The SMILES string of the molecule is CCc1ccccc1NC(=S)NC(NC(=O)c1ccc(I)cc1)C(Cl)(Cl)Cl. The molecule has 144 valence electrons. The number of thiocarbonyl (C=S) groups is 1. The van der Waals surface area contributed by atoms with E-state index in [0.29, 0.717) is 5.56 Å². The molecule has 27 heavy (non-hydrogen) atoms. The molecule has 3 N–H and O–H groups in total. The number of halogens is 4. The van der Waals surface area contributed by atoms with E-state index in [4.69, 9.17) is 47.0 Å². The molecule has 0 spiro atoms. The summed E-state index contributed by atoms with van der Waals surface area (Å²) in [6.45, 7) is 2.04. The van der Waals surface area contributed by atoms with Crippen molar-refractivity contribution >= 4 is 86.3 Å². The van der Waals surface area contributed by atoms with Crippen LogP contribution in [0.15, 0.2) is 48.5 Å². The van der Waals surface area contributed by atoms with E-state index in [1.807, 2.05) is 43.3 Å². The van der Waals surface area contributed by atoms with Gasteiger partial charge >= 0.3 is 0 Å². The average molecular weight is 557 g/mol. The van der Waals surface area contributed by atoms with Gasteiger partial charge in [0.15, 0.2) is 5.11 Å². The van der Waals surface area contributed by atoms with Crippen LogP contribution in [-0.4, -0.2) is 21.0 Å². The monoisotopic (exact) mass is 555 g/mol. The number of aryl methyl sites for hydroxylation is 1. The van der Waals surface area contributed by atoms with Crippen molar-refractivity contribution in [3.8, 4) is 0 Å². The zero-order valence-corrected chi connectivity index (χ0v) is 19.5. The van der Waals surface area contributed by atoms with Crippen LogP contribution in [0.5, 0.6) is 0 Å². The maximum Gasteiger partial charge on any atom is 0.252 e. The lowest BCUT2D eigenvalue weighted by Gasteiger charge is -2.28. The molecule has 1 atom stereocenters. The van der Waals surface area contributed by atoms with E-state index in [-0.39, 0.29) is 11.0 Å². The fourth-order valence-electron chi connectivity index (χ4n) is 2.26. The fraction of sp³-hybridized carbons (Fsp3) is 0.222. The Morgan fingerprint density at radius 1 is 1.11 bits per heavy atom. The topological polar surface area (TPSA) is 53.2 Å². The molecule has 0 fully saturated rings. The summed E-state index contributed by atoms with van der Waals surface area (Å²) in [6, 6.07) is 14.8. The van der Waals surface area contributed by atoms with E-state index in [1.54, 1.807) is 12.1 Å². The molecule has 0 saturated carbocycles. The molecule has 0 aliphatic rings. The van der Waals surface area contributed by atoms with Crippen molar-refractivity contribution in [3.05, 3.63) is 63.2 Å². The van der Waals surface area contributed by atoms with E-state index < -0.39 is 9.96 Å². The van der Waals surface area contributed by atoms with Gasteiger partial charge in [-0.1, -0.05) is 59.9 Å². The summed E-state index contributed by atoms with van der Waals surface area (Å²) >= 11 is 25.6. The zero-order chi connectivity index (χ0) is 20.0. The van der Waals surface area contributed by atoms with Gasteiger partial charge in [-0.3, -0.25) is 4.79 Å². The van der Waals surface area contributed by atoms with Gasteiger partial charge in [0.2, 0.25) is 3.79 Å². The van der Waals surface area contributed by atoms with Crippen LogP contribution in [-0.2, 0) is 6.42 Å². The van der Waals surface area contributed by atoms with Crippen LogP contribution < -0.4 is 16.0 Å². The smallest absolute Gasteiger partial charge is 0.252 e. The third-order valence-corrected chi connectivity index (χ3v) is 5.22. The second-order valence-electron chi connectivity index (χ2n) is 5.56. The Morgan fingerprint density at radius 2 is 1.74 bits per heavy atom. The minimum absolute atomic E-state index is 0.232. The summed E-state index contributed by atoms with van der Waals surface area (Å²) in [6.07, 6.45) is -0.188. The highest BCUT2D eigenvalue weighted by molar-refractivity contribution is 14.1. The van der Waals surface area contributed by atoms with Crippen molar-refractivity contribution in [3.63, 3.8) is 0 Å². The first-order valence-electron chi connectivity index (χ1n) is 7.99. The highest BCUT2D eigenvalue weighted by atomic mass is 127. The lowest BCUT2D eigenvalue weighted by Crippen LogP contribution is -2.56. The largest absolute Gasteiger partial charge is 0.339 e. The Hall–Kier alpha value is -0.800. The summed E-state index contributed by atoms with van der Waals surface area (Å²) in [5, 5.41) is 8.83. The molecule has 0 aliphatic heterocycles. The summed E-state index contributed by atoms with van der Waals surface area (Å²) in [7, 11) is 0. The van der Waals surface area contributed by atoms with Gasteiger partial charge in [-0.25, -0.2) is 0 Å². The van der Waals surface area contributed by atoms with E-state index >= 15 is 0 Å². The van der Waals surface area contributed by atoms with E-state index in [2.05, 4.69) is 38.5 Å². The number of anilines is 1. The van der Waals surface area contributed by atoms with Crippen molar-refractivity contribution in [2.24, 2.45) is 0 Å². The Morgan fingerprint density at radius 3 is 2.33 bits per heavy atom. The molecule has 0 radical (unpaired) electrons. The van der Waals surface area contributed by atoms with Crippen molar-refractivity contribution < 1.29 is 4.79 Å². The summed E-state index contributed by atoms with van der Waals surface area (Å²) in [5.74, 6) is -0.382. The Bertz CT molecular complexity index is 812. The third kappa shape index (κ3) is 6.94. The Labute approximate surface area is 192 Å². The molecule has 0 bridgehead atoms. The fourth-order valence-corrected chi connectivity index (χ4v) is 3.17. The number of carbonyl (C=O) groups excluding carboxylic acids is 1. The molecule has 2 rings (SSSR count). The quantitative estimate of drug-likeness (QED) is 0.203. The molecular formula is C18H17Cl3IN3OS. The standard InChI is InChI=1S/C18H17Cl3IN3OS/c1-2-11-5-3-4-6-14(11)23-17(27)25-16(18(19,20)21)24-15(26)12-7-9-13(22)10-8-12/h3-10,16H,2H2,1H3,(H,24,26)(H2,23,25,27). The number of nitrogens with one attached hydrogen (secondary N) is 3. The molecule has 1 unspecified atom stereocenters. The molecule has 0 aromatic heterocycles. The lowest BCUT2D eigenvalue weighted by molar-refractivity contribution is 0.0934. The number of benzene rings is 2.